The molecule has 0 unspecified atom stereocenters. The first-order chi connectivity index (χ1) is 16.1. The number of hydrogen-bond acceptors (Lipinski definition) is 7. The molecule has 5 rings (SSSR count). The van der Waals surface area contributed by atoms with E-state index in [1.54, 1.807) is 30.0 Å². The molecule has 33 heavy (non-hydrogen) atoms. The number of H-pyrrole nitrogens is 1. The number of aromatic amines is 1. The molecule has 10 heteroatoms. The highest BCUT2D eigenvalue weighted by molar-refractivity contribution is 5.80. The van der Waals surface area contributed by atoms with Crippen LogP contribution in [0.2, 0.25) is 0 Å². The Labute approximate surface area is 188 Å². The molecule has 0 amide bonds. The zero-order chi connectivity index (χ0) is 22.8. The van der Waals surface area contributed by atoms with Gasteiger partial charge in [0.2, 0.25) is 0 Å². The summed E-state index contributed by atoms with van der Waals surface area (Å²) < 4.78 is 25.8. The molecule has 1 N–H and O–H groups in total. The van der Waals surface area contributed by atoms with E-state index in [4.69, 9.17) is 9.47 Å². The number of aromatic nitrogens is 5. The molecule has 0 bridgehead atoms. The Morgan fingerprint density at radius 1 is 1.15 bits per heavy atom. The van der Waals surface area contributed by atoms with Crippen molar-refractivity contribution in [2.45, 2.75) is 12.6 Å². The van der Waals surface area contributed by atoms with Crippen LogP contribution in [0.4, 0.5) is 4.39 Å². The van der Waals surface area contributed by atoms with E-state index in [9.17, 15) is 9.18 Å². The number of nitrogens with zero attached hydrogens (tertiary/aromatic N) is 5. The fraction of sp³-hybridized carbons (Fsp3) is 0.304. The number of nitrogens with one attached hydrogen (secondary N) is 1. The number of methoxy groups -OCH3 is 1. The summed E-state index contributed by atoms with van der Waals surface area (Å²) in [6, 6.07) is 13.2. The first kappa shape index (κ1) is 21.2. The topological polar surface area (TPSA) is 98.2 Å². The van der Waals surface area contributed by atoms with Crippen LogP contribution in [0.3, 0.4) is 0 Å². The molecular weight excluding hydrogens is 427 g/mol. The van der Waals surface area contributed by atoms with E-state index in [1.165, 1.54) is 12.1 Å². The molecule has 170 valence electrons. The van der Waals surface area contributed by atoms with Crippen LogP contribution in [0.25, 0.3) is 10.9 Å². The van der Waals surface area contributed by atoms with E-state index >= 15 is 0 Å². The minimum Gasteiger partial charge on any atom is -0.497 e. The molecule has 2 aromatic heterocycles. The van der Waals surface area contributed by atoms with Gasteiger partial charge in [-0.2, -0.15) is 0 Å². The second-order valence-electron chi connectivity index (χ2n) is 7.88. The highest BCUT2D eigenvalue weighted by Gasteiger charge is 2.31. The molecule has 1 aliphatic heterocycles. The summed E-state index contributed by atoms with van der Waals surface area (Å²) in [5, 5.41) is 13.2. The predicted octanol–water partition coefficient (Wildman–Crippen LogP) is 2.13. The van der Waals surface area contributed by atoms with Gasteiger partial charge in [0.1, 0.15) is 17.6 Å². The highest BCUT2D eigenvalue weighted by Crippen LogP contribution is 2.28. The Hall–Kier alpha value is -3.63. The maximum absolute atomic E-state index is 13.3. The third-order valence-electron chi connectivity index (χ3n) is 5.84. The summed E-state index contributed by atoms with van der Waals surface area (Å²) in [5.41, 5.74) is 1.87. The number of benzene rings is 2. The molecule has 4 aromatic rings. The molecule has 3 heterocycles. The van der Waals surface area contributed by atoms with E-state index in [2.05, 4.69) is 25.4 Å². The van der Waals surface area contributed by atoms with Gasteiger partial charge >= 0.3 is 0 Å². The largest absolute Gasteiger partial charge is 0.497 e. The van der Waals surface area contributed by atoms with Gasteiger partial charge in [-0.15, -0.1) is 5.10 Å². The summed E-state index contributed by atoms with van der Waals surface area (Å²) in [6.45, 7) is 2.73. The van der Waals surface area contributed by atoms with Crippen LogP contribution in [0.1, 0.15) is 23.0 Å². The summed E-state index contributed by atoms with van der Waals surface area (Å²) in [5.74, 6) is 0.902. The maximum Gasteiger partial charge on any atom is 0.253 e. The lowest BCUT2D eigenvalue weighted by Crippen LogP contribution is -2.42. The highest BCUT2D eigenvalue weighted by atomic mass is 19.1. The van der Waals surface area contributed by atoms with Gasteiger partial charge in [-0.05, 0) is 51.7 Å². The van der Waals surface area contributed by atoms with E-state index in [-0.39, 0.29) is 11.4 Å². The average molecular weight is 450 g/mol. The molecule has 0 radical (unpaired) electrons. The second kappa shape index (κ2) is 9.08. The van der Waals surface area contributed by atoms with Crippen molar-refractivity contribution in [1.82, 2.24) is 30.1 Å². The van der Waals surface area contributed by atoms with Crippen molar-refractivity contribution in [3.05, 3.63) is 81.7 Å². The smallest absolute Gasteiger partial charge is 0.253 e. The van der Waals surface area contributed by atoms with Gasteiger partial charge in [-0.3, -0.25) is 9.69 Å². The van der Waals surface area contributed by atoms with Crippen molar-refractivity contribution in [2.75, 3.05) is 33.4 Å². The lowest BCUT2D eigenvalue weighted by Gasteiger charge is -2.33. The van der Waals surface area contributed by atoms with Gasteiger partial charge in [0.05, 0.1) is 32.4 Å². The summed E-state index contributed by atoms with van der Waals surface area (Å²) >= 11 is 0. The van der Waals surface area contributed by atoms with Gasteiger partial charge < -0.3 is 14.5 Å². The molecule has 0 spiro atoms. The van der Waals surface area contributed by atoms with Gasteiger partial charge in [-0.25, -0.2) is 9.07 Å². The van der Waals surface area contributed by atoms with Crippen molar-refractivity contribution < 1.29 is 13.9 Å². The summed E-state index contributed by atoms with van der Waals surface area (Å²) in [6.07, 6.45) is 0. The Morgan fingerprint density at radius 2 is 1.94 bits per heavy atom. The third-order valence-corrected chi connectivity index (χ3v) is 5.84. The fourth-order valence-electron chi connectivity index (χ4n) is 4.14. The average Bonchev–Trinajstić information content (AvgIpc) is 3.29. The van der Waals surface area contributed by atoms with Crippen molar-refractivity contribution in [3.63, 3.8) is 0 Å². The molecule has 9 nitrogen and oxygen atoms in total. The van der Waals surface area contributed by atoms with Crippen molar-refractivity contribution in [3.8, 4) is 5.75 Å². The fourth-order valence-corrected chi connectivity index (χ4v) is 4.14. The Balaban J connectivity index is 1.59. The number of fused-ring (bicyclic) bond motifs is 1. The Bertz CT molecular complexity index is 1310. The van der Waals surface area contributed by atoms with Crippen LogP contribution in [-0.2, 0) is 11.3 Å². The molecule has 2 aromatic carbocycles. The first-order valence-corrected chi connectivity index (χ1v) is 10.7. The van der Waals surface area contributed by atoms with Gasteiger partial charge in [0.25, 0.3) is 5.56 Å². The molecular formula is C23H23FN6O3. The number of hydrogen-bond donors (Lipinski definition) is 1. The van der Waals surface area contributed by atoms with Crippen molar-refractivity contribution in [1.29, 1.82) is 0 Å². The molecule has 1 saturated heterocycles. The zero-order valence-corrected chi connectivity index (χ0v) is 18.1. The lowest BCUT2D eigenvalue weighted by molar-refractivity contribution is 0.0214. The van der Waals surface area contributed by atoms with Crippen LogP contribution >= 0.6 is 0 Å². The van der Waals surface area contributed by atoms with E-state index in [1.807, 2.05) is 18.2 Å². The van der Waals surface area contributed by atoms with E-state index < -0.39 is 6.04 Å². The third kappa shape index (κ3) is 4.35. The maximum atomic E-state index is 13.3. The lowest BCUT2D eigenvalue weighted by atomic mass is 10.0. The standard InChI is InChI=1S/C23H23FN6O3/c1-32-18-7-4-16-12-19(23(31)25-20(16)13-18)21(29-8-10-33-11-9-29)22-26-27-28-30(22)14-15-2-5-17(24)6-3-15/h2-7,12-13,21H,8-11,14H2,1H3,(H,25,31)/t21-/m1/s1. The van der Waals surface area contributed by atoms with Gasteiger partial charge in [0.15, 0.2) is 5.82 Å². The monoisotopic (exact) mass is 450 g/mol. The van der Waals surface area contributed by atoms with Crippen molar-refractivity contribution in [2.24, 2.45) is 0 Å². The predicted molar refractivity (Wildman–Crippen MR) is 119 cm³/mol. The number of morpholine rings is 1. The minimum absolute atomic E-state index is 0.219. The van der Waals surface area contributed by atoms with Crippen molar-refractivity contribution >= 4 is 10.9 Å². The quantitative estimate of drug-likeness (QED) is 0.481. The summed E-state index contributed by atoms with van der Waals surface area (Å²) in [7, 11) is 1.59. The van der Waals surface area contributed by atoms with Crippen LogP contribution in [0.5, 0.6) is 5.75 Å². The van der Waals surface area contributed by atoms with Crippen LogP contribution in [-0.4, -0.2) is 63.5 Å². The number of tetrazole rings is 1. The first-order valence-electron chi connectivity index (χ1n) is 10.7. The zero-order valence-electron chi connectivity index (χ0n) is 18.1. The van der Waals surface area contributed by atoms with Crippen LogP contribution in [0.15, 0.2) is 53.3 Å². The molecule has 1 atom stereocenters. The number of rotatable bonds is 6. The molecule has 0 aliphatic carbocycles. The second-order valence-corrected chi connectivity index (χ2v) is 7.88. The molecule has 1 aliphatic rings. The normalized spacial score (nSPS) is 15.6. The van der Waals surface area contributed by atoms with Gasteiger partial charge in [-0.1, -0.05) is 12.1 Å². The van der Waals surface area contributed by atoms with Crippen LogP contribution < -0.4 is 10.3 Å². The summed E-state index contributed by atoms with van der Waals surface area (Å²) in [4.78, 5) is 18.4. The number of ether oxygens (including phenoxy) is 2. The Morgan fingerprint density at radius 3 is 2.70 bits per heavy atom. The molecule has 0 saturated carbocycles. The Kier molecular flexibility index (Phi) is 5.84. The molecule has 1 fully saturated rings. The van der Waals surface area contributed by atoms with Gasteiger partial charge in [0, 0.05) is 24.7 Å². The number of pyridine rings is 1. The number of halogens is 1. The minimum atomic E-state index is -0.473. The van der Waals surface area contributed by atoms with E-state index in [0.29, 0.717) is 55.5 Å². The van der Waals surface area contributed by atoms with E-state index in [0.717, 1.165) is 10.9 Å². The SMILES string of the molecule is COc1ccc2cc([C@H](c3nnnn3Cc3ccc(F)cc3)N3CCOCC3)c(=O)[nH]c2c1. The van der Waals surface area contributed by atoms with Crippen LogP contribution in [0, 0.1) is 5.82 Å².